The Bertz CT molecular complexity index is 723. The van der Waals surface area contributed by atoms with E-state index < -0.39 is 10.0 Å². The van der Waals surface area contributed by atoms with Crippen LogP contribution in [-0.4, -0.2) is 59.5 Å². The van der Waals surface area contributed by atoms with Crippen molar-refractivity contribution in [2.75, 3.05) is 45.1 Å². The van der Waals surface area contributed by atoms with Crippen molar-refractivity contribution >= 4 is 16.0 Å². The highest BCUT2D eigenvalue weighted by Crippen LogP contribution is 2.28. The molecule has 8 nitrogen and oxygen atoms in total. The highest BCUT2D eigenvalue weighted by atomic mass is 32.2. The lowest BCUT2D eigenvalue weighted by molar-refractivity contribution is 0.287. The van der Waals surface area contributed by atoms with Crippen LogP contribution in [0.1, 0.15) is 39.7 Å². The minimum absolute atomic E-state index is 0.0943. The third kappa shape index (κ3) is 10.4. The molecule has 1 rings (SSSR count). The quantitative estimate of drug-likeness (QED) is 0.238. The van der Waals surface area contributed by atoms with E-state index in [2.05, 4.69) is 20.3 Å². The van der Waals surface area contributed by atoms with Crippen molar-refractivity contribution in [1.82, 2.24) is 15.4 Å². The third-order valence-electron chi connectivity index (χ3n) is 3.96. The number of rotatable bonds is 14. The van der Waals surface area contributed by atoms with Crippen LogP contribution >= 0.6 is 0 Å². The molecule has 0 fully saturated rings. The molecule has 0 spiro atoms. The minimum Gasteiger partial charge on any atom is -0.490 e. The van der Waals surface area contributed by atoms with Crippen molar-refractivity contribution in [2.24, 2.45) is 4.99 Å². The first kappa shape index (κ1) is 25.0. The summed E-state index contributed by atoms with van der Waals surface area (Å²) in [5, 5.41) is 6.51. The van der Waals surface area contributed by atoms with Gasteiger partial charge in [0.1, 0.15) is 0 Å². The van der Waals surface area contributed by atoms with Gasteiger partial charge in [0, 0.05) is 26.2 Å². The van der Waals surface area contributed by atoms with Crippen LogP contribution in [0, 0.1) is 0 Å². The standard InChI is InChI=1S/C20H36N4O4S/c1-5-21-20(22-13-9-14-24-29(25,26)8-4)23-15-12-17-10-11-18(27-6-2)19(16-17)28-7-3/h10-11,16,24H,5-9,12-15H2,1-4H3,(H2,21,22,23). The molecule has 0 radical (unpaired) electrons. The molecule has 0 atom stereocenters. The summed E-state index contributed by atoms with van der Waals surface area (Å²) in [5.41, 5.74) is 1.15. The molecule has 0 bridgehead atoms. The number of benzene rings is 1. The van der Waals surface area contributed by atoms with Crippen molar-refractivity contribution in [1.29, 1.82) is 0 Å². The molecule has 29 heavy (non-hydrogen) atoms. The van der Waals surface area contributed by atoms with E-state index in [1.807, 2.05) is 39.0 Å². The van der Waals surface area contributed by atoms with Crippen LogP contribution in [0.5, 0.6) is 11.5 Å². The van der Waals surface area contributed by atoms with Gasteiger partial charge in [0.2, 0.25) is 10.0 Å². The molecule has 1 aromatic carbocycles. The first-order valence-electron chi connectivity index (χ1n) is 10.3. The van der Waals surface area contributed by atoms with Crippen LogP contribution in [0.2, 0.25) is 0 Å². The molecule has 0 aliphatic rings. The van der Waals surface area contributed by atoms with Gasteiger partial charge in [-0.2, -0.15) is 0 Å². The summed E-state index contributed by atoms with van der Waals surface area (Å²) in [4.78, 5) is 4.49. The zero-order valence-corrected chi connectivity index (χ0v) is 18.9. The Kier molecular flexibility index (Phi) is 12.1. The summed E-state index contributed by atoms with van der Waals surface area (Å²) in [6.45, 7) is 11.1. The average Bonchev–Trinajstić information content (AvgIpc) is 2.70. The Morgan fingerprint density at radius 3 is 2.38 bits per heavy atom. The maximum absolute atomic E-state index is 11.4. The minimum atomic E-state index is -3.14. The predicted octanol–water partition coefficient (Wildman–Crippen LogP) is 1.91. The molecule has 0 saturated carbocycles. The molecule has 0 unspecified atom stereocenters. The Labute approximate surface area is 175 Å². The predicted molar refractivity (Wildman–Crippen MR) is 119 cm³/mol. The fraction of sp³-hybridized carbons (Fsp3) is 0.650. The van der Waals surface area contributed by atoms with Crippen LogP contribution in [0.15, 0.2) is 23.2 Å². The number of nitrogens with one attached hydrogen (secondary N) is 3. The number of hydrogen-bond donors (Lipinski definition) is 3. The van der Waals surface area contributed by atoms with E-state index in [0.29, 0.717) is 39.3 Å². The molecule has 0 aliphatic carbocycles. The number of hydrogen-bond acceptors (Lipinski definition) is 5. The van der Waals surface area contributed by atoms with Crippen LogP contribution in [-0.2, 0) is 16.4 Å². The van der Waals surface area contributed by atoms with Crippen LogP contribution in [0.4, 0.5) is 0 Å². The van der Waals surface area contributed by atoms with Gasteiger partial charge in [-0.25, -0.2) is 13.1 Å². The van der Waals surface area contributed by atoms with E-state index >= 15 is 0 Å². The molecular weight excluding hydrogens is 392 g/mol. The van der Waals surface area contributed by atoms with Crippen molar-refractivity contribution in [2.45, 2.75) is 40.5 Å². The van der Waals surface area contributed by atoms with E-state index in [4.69, 9.17) is 9.47 Å². The van der Waals surface area contributed by atoms with Gasteiger partial charge in [-0.15, -0.1) is 0 Å². The summed E-state index contributed by atoms with van der Waals surface area (Å²) in [5.74, 6) is 2.35. The monoisotopic (exact) mass is 428 g/mol. The number of aliphatic imine (C=N–C) groups is 1. The molecule has 0 aliphatic heterocycles. The fourth-order valence-corrected chi connectivity index (χ4v) is 3.18. The summed E-state index contributed by atoms with van der Waals surface area (Å²) in [6.07, 6.45) is 1.46. The lowest BCUT2D eigenvalue weighted by Crippen LogP contribution is -2.38. The Hall–Kier alpha value is -2.00. The molecule has 166 valence electrons. The SMILES string of the molecule is CCNC(=NCCCNS(=O)(=O)CC)NCCc1ccc(OCC)c(OCC)c1. The normalized spacial score (nSPS) is 11.9. The zero-order valence-electron chi connectivity index (χ0n) is 18.1. The van der Waals surface area contributed by atoms with E-state index in [1.54, 1.807) is 6.92 Å². The molecule has 3 N–H and O–H groups in total. The average molecular weight is 429 g/mol. The first-order valence-corrected chi connectivity index (χ1v) is 12.0. The van der Waals surface area contributed by atoms with Gasteiger partial charge in [-0.05, 0) is 58.2 Å². The fourth-order valence-electron chi connectivity index (χ4n) is 2.52. The molecule has 0 heterocycles. The van der Waals surface area contributed by atoms with Crippen LogP contribution < -0.4 is 24.8 Å². The Morgan fingerprint density at radius 2 is 1.72 bits per heavy atom. The zero-order chi connectivity index (χ0) is 21.5. The molecule has 0 saturated heterocycles. The summed E-state index contributed by atoms with van der Waals surface area (Å²) < 4.78 is 36.6. The first-order chi connectivity index (χ1) is 14.0. The number of guanidine groups is 1. The van der Waals surface area contributed by atoms with Gasteiger partial charge < -0.3 is 20.1 Å². The second kappa shape index (κ2) is 14.1. The molecule has 9 heteroatoms. The second-order valence-electron chi connectivity index (χ2n) is 6.24. The highest BCUT2D eigenvalue weighted by molar-refractivity contribution is 7.89. The Balaban J connectivity index is 2.51. The number of sulfonamides is 1. The molecule has 0 amide bonds. The second-order valence-corrected chi connectivity index (χ2v) is 8.33. The number of ether oxygens (including phenoxy) is 2. The Morgan fingerprint density at radius 1 is 1.00 bits per heavy atom. The highest BCUT2D eigenvalue weighted by Gasteiger charge is 2.07. The van der Waals surface area contributed by atoms with Crippen molar-refractivity contribution in [3.63, 3.8) is 0 Å². The smallest absolute Gasteiger partial charge is 0.211 e. The lowest BCUT2D eigenvalue weighted by Gasteiger charge is -2.14. The largest absolute Gasteiger partial charge is 0.490 e. The van der Waals surface area contributed by atoms with Gasteiger partial charge in [0.25, 0.3) is 0 Å². The van der Waals surface area contributed by atoms with Crippen molar-refractivity contribution in [3.8, 4) is 11.5 Å². The topological polar surface area (TPSA) is 101 Å². The van der Waals surface area contributed by atoms with Crippen molar-refractivity contribution < 1.29 is 17.9 Å². The van der Waals surface area contributed by atoms with E-state index in [0.717, 1.165) is 36.0 Å². The lowest BCUT2D eigenvalue weighted by atomic mass is 10.1. The van der Waals surface area contributed by atoms with Gasteiger partial charge in [0.15, 0.2) is 17.5 Å². The van der Waals surface area contributed by atoms with E-state index in [1.165, 1.54) is 0 Å². The van der Waals surface area contributed by atoms with E-state index in [-0.39, 0.29) is 5.75 Å². The van der Waals surface area contributed by atoms with Crippen LogP contribution in [0.25, 0.3) is 0 Å². The third-order valence-corrected chi connectivity index (χ3v) is 5.37. The maximum atomic E-state index is 11.4. The van der Waals surface area contributed by atoms with Gasteiger partial charge in [-0.1, -0.05) is 6.07 Å². The maximum Gasteiger partial charge on any atom is 0.211 e. The summed E-state index contributed by atoms with van der Waals surface area (Å²) in [6, 6.07) is 6.00. The van der Waals surface area contributed by atoms with Crippen LogP contribution in [0.3, 0.4) is 0 Å². The summed E-state index contributed by atoms with van der Waals surface area (Å²) >= 11 is 0. The van der Waals surface area contributed by atoms with Gasteiger partial charge in [-0.3, -0.25) is 4.99 Å². The molecular formula is C20H36N4O4S. The van der Waals surface area contributed by atoms with Gasteiger partial charge in [0.05, 0.1) is 19.0 Å². The van der Waals surface area contributed by atoms with E-state index in [9.17, 15) is 8.42 Å². The summed E-state index contributed by atoms with van der Waals surface area (Å²) in [7, 11) is -3.14. The number of nitrogens with zero attached hydrogens (tertiary/aromatic N) is 1. The molecule has 0 aromatic heterocycles. The molecule has 1 aromatic rings. The van der Waals surface area contributed by atoms with Crippen molar-refractivity contribution in [3.05, 3.63) is 23.8 Å². The van der Waals surface area contributed by atoms with Gasteiger partial charge >= 0.3 is 0 Å².